The molecule has 2 aromatic carbocycles. The number of nitro groups is 1. The van der Waals surface area contributed by atoms with E-state index < -0.39 is 22.5 Å². The highest BCUT2D eigenvalue weighted by Crippen LogP contribution is 2.23. The van der Waals surface area contributed by atoms with Crippen LogP contribution >= 0.6 is 0 Å². The van der Waals surface area contributed by atoms with Gasteiger partial charge in [-0.3, -0.25) is 20.2 Å². The van der Waals surface area contributed by atoms with Crippen molar-refractivity contribution in [2.75, 3.05) is 0 Å². The number of hydrogen-bond acceptors (Lipinski definition) is 6. The van der Waals surface area contributed by atoms with E-state index in [1.807, 2.05) is 30.3 Å². The second-order valence-corrected chi connectivity index (χ2v) is 7.23. The first-order chi connectivity index (χ1) is 12.7. The van der Waals surface area contributed by atoms with Crippen LogP contribution in [0.1, 0.15) is 31.9 Å². The van der Waals surface area contributed by atoms with E-state index in [9.17, 15) is 20.0 Å². The molecule has 0 aliphatic carbocycles. The summed E-state index contributed by atoms with van der Waals surface area (Å²) in [6, 6.07) is 12.6. The third-order valence-corrected chi connectivity index (χ3v) is 3.79. The van der Waals surface area contributed by atoms with E-state index in [4.69, 9.17) is 4.74 Å². The van der Waals surface area contributed by atoms with Crippen LogP contribution in [-0.4, -0.2) is 27.6 Å². The van der Waals surface area contributed by atoms with Gasteiger partial charge in [-0.2, -0.15) is 0 Å². The van der Waals surface area contributed by atoms with E-state index in [1.165, 1.54) is 18.2 Å². The Morgan fingerprint density at radius 1 is 1.22 bits per heavy atom. The molecule has 1 atom stereocenters. The summed E-state index contributed by atoms with van der Waals surface area (Å²) < 4.78 is 5.48. The van der Waals surface area contributed by atoms with Crippen LogP contribution in [0.4, 0.5) is 5.69 Å². The molecule has 0 fully saturated rings. The Morgan fingerprint density at radius 3 is 2.48 bits per heavy atom. The van der Waals surface area contributed by atoms with Gasteiger partial charge in [0.2, 0.25) is 0 Å². The molecule has 0 radical (unpaired) electrons. The molecule has 0 aliphatic heterocycles. The Morgan fingerprint density at radius 2 is 1.89 bits per heavy atom. The SMILES string of the molecule is CC(C)(C)OC(=O)[C@H](Cc1ccccc1)NCc1cc([N+](=O)[O-])ccc1O. The van der Waals surface area contributed by atoms with Gasteiger partial charge in [0, 0.05) is 24.2 Å². The first-order valence-electron chi connectivity index (χ1n) is 8.62. The van der Waals surface area contributed by atoms with Crippen LogP contribution in [0, 0.1) is 10.1 Å². The van der Waals surface area contributed by atoms with Crippen molar-refractivity contribution in [3.63, 3.8) is 0 Å². The zero-order valence-corrected chi connectivity index (χ0v) is 15.6. The number of hydrogen-bond donors (Lipinski definition) is 2. The molecule has 144 valence electrons. The summed E-state index contributed by atoms with van der Waals surface area (Å²) in [5.41, 5.74) is 0.526. The molecular formula is C20H24N2O5. The van der Waals surface area contributed by atoms with Gasteiger partial charge in [0.15, 0.2) is 0 Å². The third kappa shape index (κ3) is 6.38. The number of carbonyl (C=O) groups is 1. The van der Waals surface area contributed by atoms with E-state index in [0.29, 0.717) is 12.0 Å². The summed E-state index contributed by atoms with van der Waals surface area (Å²) in [6.07, 6.45) is 0.394. The molecular weight excluding hydrogens is 348 g/mol. The smallest absolute Gasteiger partial charge is 0.324 e. The van der Waals surface area contributed by atoms with Crippen molar-refractivity contribution in [2.24, 2.45) is 0 Å². The number of phenols is 1. The van der Waals surface area contributed by atoms with Crippen molar-refractivity contribution in [2.45, 2.75) is 45.4 Å². The van der Waals surface area contributed by atoms with Gasteiger partial charge in [0.05, 0.1) is 4.92 Å². The van der Waals surface area contributed by atoms with Gasteiger partial charge < -0.3 is 9.84 Å². The number of nitrogens with one attached hydrogen (secondary N) is 1. The van der Waals surface area contributed by atoms with Gasteiger partial charge in [-0.05, 0) is 38.8 Å². The summed E-state index contributed by atoms with van der Waals surface area (Å²) in [7, 11) is 0. The maximum absolute atomic E-state index is 12.6. The minimum atomic E-state index is -0.662. The molecule has 0 saturated heterocycles. The molecule has 2 N–H and O–H groups in total. The zero-order chi connectivity index (χ0) is 20.0. The average Bonchev–Trinajstić information content (AvgIpc) is 2.59. The molecule has 0 heterocycles. The highest BCUT2D eigenvalue weighted by molar-refractivity contribution is 5.76. The number of esters is 1. The van der Waals surface area contributed by atoms with Crippen LogP contribution in [0.15, 0.2) is 48.5 Å². The highest BCUT2D eigenvalue weighted by Gasteiger charge is 2.25. The van der Waals surface area contributed by atoms with Gasteiger partial charge in [0.1, 0.15) is 17.4 Å². The fourth-order valence-electron chi connectivity index (χ4n) is 2.52. The van der Waals surface area contributed by atoms with Crippen molar-refractivity contribution >= 4 is 11.7 Å². The summed E-state index contributed by atoms with van der Waals surface area (Å²) in [5.74, 6) is -0.493. The number of benzene rings is 2. The summed E-state index contributed by atoms with van der Waals surface area (Å²) in [5, 5.41) is 24.0. The minimum Gasteiger partial charge on any atom is -0.508 e. The van der Waals surface area contributed by atoms with Gasteiger partial charge >= 0.3 is 5.97 Å². The van der Waals surface area contributed by atoms with Crippen LogP contribution in [0.3, 0.4) is 0 Å². The fourth-order valence-corrected chi connectivity index (χ4v) is 2.52. The number of nitrogens with zero attached hydrogens (tertiary/aromatic N) is 1. The number of phenolic OH excluding ortho intramolecular Hbond substituents is 1. The summed E-state index contributed by atoms with van der Waals surface area (Å²) >= 11 is 0. The molecule has 0 bridgehead atoms. The van der Waals surface area contributed by atoms with E-state index in [1.54, 1.807) is 20.8 Å². The predicted octanol–water partition coefficient (Wildman–Crippen LogP) is 3.34. The quantitative estimate of drug-likeness (QED) is 0.439. The standard InChI is InChI=1S/C20H24N2O5/c1-20(2,3)27-19(24)17(11-14-7-5-4-6-8-14)21-13-15-12-16(22(25)26)9-10-18(15)23/h4-10,12,17,21,23H,11,13H2,1-3H3/t17-/m0/s1. The zero-order valence-electron chi connectivity index (χ0n) is 15.6. The lowest BCUT2D eigenvalue weighted by atomic mass is 10.0. The lowest BCUT2D eigenvalue weighted by Gasteiger charge is -2.25. The Balaban J connectivity index is 2.17. The van der Waals surface area contributed by atoms with E-state index in [-0.39, 0.29) is 18.0 Å². The van der Waals surface area contributed by atoms with Crippen molar-refractivity contribution in [3.05, 3.63) is 69.8 Å². The summed E-state index contributed by atoms with van der Waals surface area (Å²) in [4.78, 5) is 23.0. The largest absolute Gasteiger partial charge is 0.508 e. The molecule has 0 spiro atoms. The van der Waals surface area contributed by atoms with Gasteiger partial charge in [-0.15, -0.1) is 0 Å². The molecule has 0 aliphatic rings. The first-order valence-corrected chi connectivity index (χ1v) is 8.62. The molecule has 7 heteroatoms. The number of rotatable bonds is 7. The van der Waals surface area contributed by atoms with Crippen LogP contribution in [0.2, 0.25) is 0 Å². The number of carbonyl (C=O) groups excluding carboxylic acids is 1. The Labute approximate surface area is 158 Å². The second-order valence-electron chi connectivity index (χ2n) is 7.23. The van der Waals surface area contributed by atoms with E-state index in [0.717, 1.165) is 5.56 Å². The molecule has 7 nitrogen and oxygen atoms in total. The number of ether oxygens (including phenoxy) is 1. The predicted molar refractivity (Wildman–Crippen MR) is 101 cm³/mol. The van der Waals surface area contributed by atoms with Crippen molar-refractivity contribution in [1.82, 2.24) is 5.32 Å². The van der Waals surface area contributed by atoms with Gasteiger partial charge in [-0.25, -0.2) is 0 Å². The monoisotopic (exact) mass is 372 g/mol. The first kappa shape index (κ1) is 20.4. The molecule has 2 rings (SSSR count). The summed E-state index contributed by atoms with van der Waals surface area (Å²) in [6.45, 7) is 5.45. The Bertz CT molecular complexity index is 800. The lowest BCUT2D eigenvalue weighted by Crippen LogP contribution is -2.42. The average molecular weight is 372 g/mol. The minimum absolute atomic E-state index is 0.0734. The molecule has 27 heavy (non-hydrogen) atoms. The molecule has 0 aromatic heterocycles. The van der Waals surface area contributed by atoms with E-state index in [2.05, 4.69) is 5.32 Å². The van der Waals surface area contributed by atoms with Gasteiger partial charge in [-0.1, -0.05) is 30.3 Å². The third-order valence-electron chi connectivity index (χ3n) is 3.79. The molecule has 0 unspecified atom stereocenters. The van der Waals surface area contributed by atoms with E-state index >= 15 is 0 Å². The number of non-ortho nitro benzene ring substituents is 1. The molecule has 0 amide bonds. The fraction of sp³-hybridized carbons (Fsp3) is 0.350. The molecule has 2 aromatic rings. The lowest BCUT2D eigenvalue weighted by molar-refractivity contribution is -0.384. The molecule has 0 saturated carbocycles. The van der Waals surface area contributed by atoms with Crippen LogP contribution in [0.5, 0.6) is 5.75 Å². The van der Waals surface area contributed by atoms with Crippen LogP contribution < -0.4 is 5.32 Å². The topological polar surface area (TPSA) is 102 Å². The Kier molecular flexibility index (Phi) is 6.52. The maximum Gasteiger partial charge on any atom is 0.324 e. The van der Waals surface area contributed by atoms with Crippen LogP contribution in [0.25, 0.3) is 0 Å². The van der Waals surface area contributed by atoms with Crippen LogP contribution in [-0.2, 0) is 22.5 Å². The van der Waals surface area contributed by atoms with Gasteiger partial charge in [0.25, 0.3) is 5.69 Å². The normalized spacial score (nSPS) is 12.4. The second kappa shape index (κ2) is 8.64. The maximum atomic E-state index is 12.6. The Hall–Kier alpha value is -2.93. The number of aromatic hydroxyl groups is 1. The number of nitro benzene ring substituents is 1. The van der Waals surface area contributed by atoms with Crippen molar-refractivity contribution in [3.8, 4) is 5.75 Å². The van der Waals surface area contributed by atoms with Crippen molar-refractivity contribution in [1.29, 1.82) is 0 Å². The highest BCUT2D eigenvalue weighted by atomic mass is 16.6. The van der Waals surface area contributed by atoms with Crippen molar-refractivity contribution < 1.29 is 19.6 Å².